The van der Waals surface area contributed by atoms with Crippen molar-refractivity contribution in [3.8, 4) is 5.82 Å². The molecule has 2 aromatic rings. The molecular formula is C17H23N5O2. The summed E-state index contributed by atoms with van der Waals surface area (Å²) in [6, 6.07) is 3.21. The van der Waals surface area contributed by atoms with Gasteiger partial charge in [0, 0.05) is 12.1 Å². The van der Waals surface area contributed by atoms with Gasteiger partial charge in [-0.1, -0.05) is 32.1 Å². The van der Waals surface area contributed by atoms with Crippen LogP contribution in [0.5, 0.6) is 0 Å². The molecule has 128 valence electrons. The largest absolute Gasteiger partial charge is 0.349 e. The second kappa shape index (κ2) is 7.42. The lowest BCUT2D eigenvalue weighted by molar-refractivity contribution is 0.0930. The second-order valence-corrected chi connectivity index (χ2v) is 6.35. The number of nitrogens with one attached hydrogen (secondary N) is 2. The maximum atomic E-state index is 12.6. The molecule has 1 saturated carbocycles. The van der Waals surface area contributed by atoms with Crippen molar-refractivity contribution in [2.24, 2.45) is 0 Å². The van der Waals surface area contributed by atoms with Gasteiger partial charge < -0.3 is 5.32 Å². The smallest absolute Gasteiger partial charge is 0.264 e. The summed E-state index contributed by atoms with van der Waals surface area (Å²) in [6.07, 6.45) is 9.79. The SMILES string of the molecule is Cc1c(C(=O)NC2CCCCCCC2)cnn1-c1ccc(=O)[nH]n1. The first kappa shape index (κ1) is 16.4. The summed E-state index contributed by atoms with van der Waals surface area (Å²) in [5, 5.41) is 13.7. The molecule has 2 N–H and O–H groups in total. The normalized spacial score (nSPS) is 16.4. The third-order valence-corrected chi connectivity index (χ3v) is 4.58. The molecule has 0 aromatic carbocycles. The monoisotopic (exact) mass is 329 g/mol. The molecular weight excluding hydrogens is 306 g/mol. The number of H-pyrrole nitrogens is 1. The summed E-state index contributed by atoms with van der Waals surface area (Å²) in [6.45, 7) is 1.83. The Balaban J connectivity index is 1.73. The lowest BCUT2D eigenvalue weighted by Gasteiger charge is -2.20. The van der Waals surface area contributed by atoms with Crippen LogP contribution in [0.4, 0.5) is 0 Å². The van der Waals surface area contributed by atoms with E-state index in [-0.39, 0.29) is 17.5 Å². The van der Waals surface area contributed by atoms with E-state index >= 15 is 0 Å². The Kier molecular flexibility index (Phi) is 5.08. The maximum Gasteiger partial charge on any atom is 0.264 e. The van der Waals surface area contributed by atoms with Crippen LogP contribution in [0.1, 0.15) is 61.0 Å². The van der Waals surface area contributed by atoms with Crippen molar-refractivity contribution in [1.29, 1.82) is 0 Å². The zero-order valence-corrected chi connectivity index (χ0v) is 13.9. The standard InChI is InChI=1S/C17H23N5O2/c1-12-14(11-18-22(12)15-9-10-16(23)21-20-15)17(24)19-13-7-5-3-2-4-6-8-13/h9-11,13H,2-8H2,1H3,(H,19,24)(H,21,23). The lowest BCUT2D eigenvalue weighted by Crippen LogP contribution is -2.35. The van der Waals surface area contributed by atoms with E-state index in [1.165, 1.54) is 38.2 Å². The molecule has 24 heavy (non-hydrogen) atoms. The average molecular weight is 329 g/mol. The molecule has 0 atom stereocenters. The Morgan fingerprint density at radius 2 is 1.92 bits per heavy atom. The number of hydrogen-bond acceptors (Lipinski definition) is 4. The number of rotatable bonds is 3. The fourth-order valence-electron chi connectivity index (χ4n) is 3.18. The van der Waals surface area contributed by atoms with Gasteiger partial charge in [0.2, 0.25) is 0 Å². The molecule has 1 aliphatic carbocycles. The summed E-state index contributed by atoms with van der Waals surface area (Å²) in [4.78, 5) is 23.7. The molecule has 2 heterocycles. The van der Waals surface area contributed by atoms with Crippen LogP contribution in [0.25, 0.3) is 5.82 Å². The zero-order chi connectivity index (χ0) is 16.9. The summed E-state index contributed by atoms with van der Waals surface area (Å²) in [5.74, 6) is 0.394. The summed E-state index contributed by atoms with van der Waals surface area (Å²) in [7, 11) is 0. The zero-order valence-electron chi connectivity index (χ0n) is 13.9. The minimum atomic E-state index is -0.272. The topological polar surface area (TPSA) is 92.7 Å². The van der Waals surface area contributed by atoms with E-state index in [0.717, 1.165) is 12.8 Å². The van der Waals surface area contributed by atoms with Crippen LogP contribution < -0.4 is 10.9 Å². The second-order valence-electron chi connectivity index (χ2n) is 6.35. The number of carbonyl (C=O) groups excluding carboxylic acids is 1. The van der Waals surface area contributed by atoms with Crippen molar-refractivity contribution in [1.82, 2.24) is 25.3 Å². The number of amides is 1. The number of carbonyl (C=O) groups is 1. The van der Waals surface area contributed by atoms with Crippen LogP contribution in [0.15, 0.2) is 23.1 Å². The van der Waals surface area contributed by atoms with Crippen LogP contribution in [0.2, 0.25) is 0 Å². The quantitative estimate of drug-likeness (QED) is 0.902. The molecule has 0 saturated heterocycles. The van der Waals surface area contributed by atoms with Gasteiger partial charge in [-0.15, -0.1) is 0 Å². The Labute approximate surface area is 140 Å². The molecule has 1 amide bonds. The molecule has 1 aliphatic rings. The number of hydrogen-bond donors (Lipinski definition) is 2. The first-order chi connectivity index (χ1) is 11.6. The highest BCUT2D eigenvalue weighted by Crippen LogP contribution is 2.18. The molecule has 7 heteroatoms. The summed E-state index contributed by atoms with van der Waals surface area (Å²) >= 11 is 0. The Hall–Kier alpha value is -2.44. The fourth-order valence-corrected chi connectivity index (χ4v) is 3.18. The molecule has 1 fully saturated rings. The number of aromatic nitrogens is 4. The first-order valence-electron chi connectivity index (χ1n) is 8.57. The molecule has 0 unspecified atom stereocenters. The van der Waals surface area contributed by atoms with Gasteiger partial charge in [-0.2, -0.15) is 10.2 Å². The fraction of sp³-hybridized carbons (Fsp3) is 0.529. The molecule has 0 radical (unpaired) electrons. The van der Waals surface area contributed by atoms with Crippen LogP contribution in [-0.4, -0.2) is 31.9 Å². The van der Waals surface area contributed by atoms with Crippen LogP contribution in [0.3, 0.4) is 0 Å². The average Bonchev–Trinajstić information content (AvgIpc) is 2.92. The third-order valence-electron chi connectivity index (χ3n) is 4.58. The Morgan fingerprint density at radius 3 is 2.58 bits per heavy atom. The van der Waals surface area contributed by atoms with Gasteiger partial charge in [-0.05, 0) is 25.8 Å². The number of nitrogens with zero attached hydrogens (tertiary/aromatic N) is 3. The molecule has 0 aliphatic heterocycles. The predicted octanol–water partition coefficient (Wildman–Crippen LogP) is 2.11. The van der Waals surface area contributed by atoms with Crippen LogP contribution in [-0.2, 0) is 0 Å². The highest BCUT2D eigenvalue weighted by Gasteiger charge is 2.19. The van der Waals surface area contributed by atoms with E-state index in [4.69, 9.17) is 0 Å². The van der Waals surface area contributed by atoms with Gasteiger partial charge in [-0.3, -0.25) is 9.59 Å². The van der Waals surface area contributed by atoms with Gasteiger partial charge >= 0.3 is 0 Å². The molecule has 0 bridgehead atoms. The lowest BCUT2D eigenvalue weighted by atomic mass is 9.96. The first-order valence-corrected chi connectivity index (χ1v) is 8.57. The van der Waals surface area contributed by atoms with E-state index in [1.54, 1.807) is 16.9 Å². The van der Waals surface area contributed by atoms with E-state index < -0.39 is 0 Å². The summed E-state index contributed by atoms with van der Waals surface area (Å²) < 4.78 is 1.56. The maximum absolute atomic E-state index is 12.6. The molecule has 7 nitrogen and oxygen atoms in total. The van der Waals surface area contributed by atoms with E-state index in [9.17, 15) is 9.59 Å². The number of aromatic amines is 1. The van der Waals surface area contributed by atoms with Gasteiger partial charge in [0.05, 0.1) is 17.5 Å². The minimum absolute atomic E-state index is 0.0891. The van der Waals surface area contributed by atoms with Gasteiger partial charge in [0.25, 0.3) is 11.5 Å². The summed E-state index contributed by atoms with van der Waals surface area (Å²) in [5.41, 5.74) is 0.980. The van der Waals surface area contributed by atoms with Crippen molar-refractivity contribution in [2.45, 2.75) is 57.9 Å². The van der Waals surface area contributed by atoms with E-state index in [1.807, 2.05) is 6.92 Å². The van der Waals surface area contributed by atoms with Crippen molar-refractivity contribution in [3.63, 3.8) is 0 Å². The molecule has 0 spiro atoms. The van der Waals surface area contributed by atoms with E-state index in [0.29, 0.717) is 17.1 Å². The van der Waals surface area contributed by atoms with Crippen LogP contribution in [0, 0.1) is 6.92 Å². The van der Waals surface area contributed by atoms with E-state index in [2.05, 4.69) is 20.6 Å². The highest BCUT2D eigenvalue weighted by atomic mass is 16.1. The predicted molar refractivity (Wildman–Crippen MR) is 90.3 cm³/mol. The van der Waals surface area contributed by atoms with Crippen molar-refractivity contribution >= 4 is 5.91 Å². The molecule has 3 rings (SSSR count). The molecule has 2 aromatic heterocycles. The highest BCUT2D eigenvalue weighted by molar-refractivity contribution is 5.95. The Morgan fingerprint density at radius 1 is 1.21 bits per heavy atom. The van der Waals surface area contributed by atoms with Gasteiger partial charge in [0.1, 0.15) is 0 Å². The van der Waals surface area contributed by atoms with Crippen molar-refractivity contribution < 1.29 is 4.79 Å². The van der Waals surface area contributed by atoms with Gasteiger partial charge in [-0.25, -0.2) is 9.78 Å². The van der Waals surface area contributed by atoms with Gasteiger partial charge in [0.15, 0.2) is 5.82 Å². The minimum Gasteiger partial charge on any atom is -0.349 e. The Bertz CT molecular complexity index is 736. The van der Waals surface area contributed by atoms with Crippen molar-refractivity contribution in [3.05, 3.63) is 39.9 Å². The van der Waals surface area contributed by atoms with Crippen LogP contribution >= 0.6 is 0 Å². The van der Waals surface area contributed by atoms with Crippen molar-refractivity contribution in [2.75, 3.05) is 0 Å². The third kappa shape index (κ3) is 3.72.